The van der Waals surface area contributed by atoms with Crippen molar-refractivity contribution in [2.75, 3.05) is 6.61 Å². The predicted molar refractivity (Wildman–Crippen MR) is 145 cm³/mol. The van der Waals surface area contributed by atoms with Gasteiger partial charge in [0.1, 0.15) is 38.5 Å². The van der Waals surface area contributed by atoms with E-state index in [1.54, 1.807) is 0 Å². The SMILES string of the molecule is CC(=O)OC1CC(n2cc(C#C[Si](C)(C)C)c3c(CCc4ccccc4)ncnc32)OC1COS(N)(=O)=O. The zero-order valence-electron chi connectivity index (χ0n) is 21.9. The molecule has 3 atom stereocenters. The molecule has 12 heteroatoms. The van der Waals surface area contributed by atoms with Crippen LogP contribution in [0.5, 0.6) is 0 Å². The summed E-state index contributed by atoms with van der Waals surface area (Å²) < 4.78 is 40.9. The second-order valence-electron chi connectivity index (χ2n) is 10.2. The number of benzene rings is 1. The molecule has 1 saturated heterocycles. The summed E-state index contributed by atoms with van der Waals surface area (Å²) in [5.41, 5.74) is 6.94. The van der Waals surface area contributed by atoms with Gasteiger partial charge in [-0.3, -0.25) is 8.98 Å². The van der Waals surface area contributed by atoms with Gasteiger partial charge in [-0.25, -0.2) is 15.1 Å². The van der Waals surface area contributed by atoms with Gasteiger partial charge in [-0.05, 0) is 18.4 Å². The van der Waals surface area contributed by atoms with Gasteiger partial charge in [-0.2, -0.15) is 8.42 Å². The Morgan fingerprint density at radius 2 is 1.95 bits per heavy atom. The van der Waals surface area contributed by atoms with E-state index in [-0.39, 0.29) is 13.0 Å². The maximum Gasteiger partial charge on any atom is 0.333 e. The Morgan fingerprint density at radius 3 is 2.61 bits per heavy atom. The molecule has 0 saturated carbocycles. The van der Waals surface area contributed by atoms with Gasteiger partial charge in [-0.15, -0.1) is 5.54 Å². The minimum atomic E-state index is -4.19. The minimum absolute atomic E-state index is 0.270. The lowest BCUT2D eigenvalue weighted by Gasteiger charge is -2.17. The molecule has 10 nitrogen and oxygen atoms in total. The van der Waals surface area contributed by atoms with Crippen LogP contribution < -0.4 is 5.14 Å². The van der Waals surface area contributed by atoms with Crippen LogP contribution in [0.1, 0.15) is 36.4 Å². The fourth-order valence-electron chi connectivity index (χ4n) is 4.33. The maximum atomic E-state index is 11.7. The highest BCUT2D eigenvalue weighted by Gasteiger charge is 2.40. The molecule has 0 amide bonds. The third-order valence-corrected chi connectivity index (χ3v) is 7.30. The van der Waals surface area contributed by atoms with E-state index < -0.39 is 42.8 Å². The second kappa shape index (κ2) is 11.3. The lowest BCUT2D eigenvalue weighted by molar-refractivity contribution is -0.150. The highest BCUT2D eigenvalue weighted by molar-refractivity contribution is 7.84. The molecule has 1 aliphatic rings. The van der Waals surface area contributed by atoms with E-state index in [9.17, 15) is 13.2 Å². The van der Waals surface area contributed by atoms with Crippen LogP contribution in [-0.4, -0.2) is 55.8 Å². The number of fused-ring (bicyclic) bond motifs is 1. The Morgan fingerprint density at radius 1 is 1.21 bits per heavy atom. The van der Waals surface area contributed by atoms with E-state index in [0.717, 1.165) is 23.1 Å². The molecule has 1 aromatic carbocycles. The quantitative estimate of drug-likeness (QED) is 0.254. The summed E-state index contributed by atoms with van der Waals surface area (Å²) in [7, 11) is -5.89. The number of rotatable bonds is 8. The summed E-state index contributed by atoms with van der Waals surface area (Å²) in [5, 5.41) is 5.84. The van der Waals surface area contributed by atoms with Crippen LogP contribution in [-0.2, 0) is 41.6 Å². The summed E-state index contributed by atoms with van der Waals surface area (Å²) in [6.07, 6.45) is 3.01. The second-order valence-corrected chi connectivity index (χ2v) is 16.2. The molecular weight excluding hydrogens is 524 g/mol. The first kappa shape index (κ1) is 27.9. The standard InChI is InChI=1S/C26H32N4O6SSi/c1-18(31)35-22-14-24(36-23(22)16-34-37(27,32)33)30-15-20(12-13-38(2,3)4)25-21(28-17-29-26(25)30)11-10-19-8-6-5-7-9-19/h5-9,15,17,22-24H,10-11,14,16H2,1-4H3,(H2,27,32,33). The summed E-state index contributed by atoms with van der Waals surface area (Å²) in [6, 6.07) is 10.2. The van der Waals surface area contributed by atoms with Gasteiger partial charge in [-0.1, -0.05) is 55.9 Å². The first-order chi connectivity index (χ1) is 17.9. The Hall–Kier alpha value is -3.08. The summed E-state index contributed by atoms with van der Waals surface area (Å²) in [6.45, 7) is 7.42. The van der Waals surface area contributed by atoms with Gasteiger partial charge in [0.15, 0.2) is 0 Å². The Bertz CT molecular complexity index is 1470. The molecule has 3 heterocycles. The number of aryl methyl sites for hydroxylation is 2. The first-order valence-electron chi connectivity index (χ1n) is 12.3. The van der Waals surface area contributed by atoms with Crippen molar-refractivity contribution in [1.29, 1.82) is 0 Å². The molecule has 4 rings (SSSR count). The molecule has 0 bridgehead atoms. The number of hydrogen-bond acceptors (Lipinski definition) is 8. The number of nitrogens with zero attached hydrogens (tertiary/aromatic N) is 3. The molecule has 1 aliphatic heterocycles. The Kier molecular flexibility index (Phi) is 8.34. The van der Waals surface area contributed by atoms with E-state index in [1.165, 1.54) is 18.8 Å². The van der Waals surface area contributed by atoms with Crippen molar-refractivity contribution in [2.24, 2.45) is 5.14 Å². The molecule has 3 unspecified atom stereocenters. The highest BCUT2D eigenvalue weighted by Crippen LogP contribution is 2.35. The number of esters is 1. The third kappa shape index (κ3) is 7.27. The molecular formula is C26H32N4O6SSi. The van der Waals surface area contributed by atoms with E-state index in [1.807, 2.05) is 29.0 Å². The van der Waals surface area contributed by atoms with Crippen LogP contribution in [0.15, 0.2) is 42.9 Å². The van der Waals surface area contributed by atoms with Crippen LogP contribution >= 0.6 is 0 Å². The molecule has 3 aromatic rings. The number of nitrogens with two attached hydrogens (primary N) is 1. The summed E-state index contributed by atoms with van der Waals surface area (Å²) in [4.78, 5) is 20.9. The van der Waals surface area contributed by atoms with Crippen LogP contribution in [0.3, 0.4) is 0 Å². The normalized spacial score (nSPS) is 19.8. The monoisotopic (exact) mass is 556 g/mol. The fourth-order valence-corrected chi connectivity index (χ4v) is 5.17. The van der Waals surface area contributed by atoms with Crippen LogP contribution in [0, 0.1) is 11.5 Å². The van der Waals surface area contributed by atoms with Crippen molar-refractivity contribution < 1.29 is 26.9 Å². The van der Waals surface area contributed by atoms with Crippen LogP contribution in [0.4, 0.5) is 0 Å². The molecule has 0 spiro atoms. The third-order valence-electron chi connectivity index (χ3n) is 5.96. The largest absolute Gasteiger partial charge is 0.460 e. The molecule has 0 aliphatic carbocycles. The maximum absolute atomic E-state index is 11.7. The van der Waals surface area contributed by atoms with Gasteiger partial charge < -0.3 is 14.0 Å². The average molecular weight is 557 g/mol. The van der Waals surface area contributed by atoms with Crippen molar-refractivity contribution >= 4 is 35.4 Å². The lowest BCUT2D eigenvalue weighted by atomic mass is 10.1. The van der Waals surface area contributed by atoms with E-state index >= 15 is 0 Å². The molecule has 1 fully saturated rings. The van der Waals surface area contributed by atoms with Crippen molar-refractivity contribution in [3.05, 3.63) is 59.7 Å². The van der Waals surface area contributed by atoms with Crippen molar-refractivity contribution in [2.45, 2.75) is 64.3 Å². The molecule has 0 radical (unpaired) electrons. The number of carbonyl (C=O) groups is 1. The summed E-state index contributed by atoms with van der Waals surface area (Å²) >= 11 is 0. The highest BCUT2D eigenvalue weighted by atomic mass is 32.2. The van der Waals surface area contributed by atoms with Gasteiger partial charge in [0.05, 0.1) is 23.3 Å². The van der Waals surface area contributed by atoms with Crippen molar-refractivity contribution in [1.82, 2.24) is 14.5 Å². The number of ether oxygens (including phenoxy) is 2. The van der Waals surface area contributed by atoms with E-state index in [2.05, 4.69) is 53.2 Å². The lowest BCUT2D eigenvalue weighted by Crippen LogP contribution is -2.32. The smallest absolute Gasteiger partial charge is 0.333 e. The Labute approximate surface area is 223 Å². The van der Waals surface area contributed by atoms with Crippen molar-refractivity contribution in [3.63, 3.8) is 0 Å². The Balaban J connectivity index is 1.72. The zero-order valence-corrected chi connectivity index (χ0v) is 23.7. The molecule has 2 N–H and O–H groups in total. The van der Waals surface area contributed by atoms with Gasteiger partial charge >= 0.3 is 16.3 Å². The number of aromatic nitrogens is 3. The minimum Gasteiger partial charge on any atom is -0.460 e. The van der Waals surface area contributed by atoms with E-state index in [4.69, 9.17) is 18.8 Å². The zero-order chi connectivity index (χ0) is 27.5. The van der Waals surface area contributed by atoms with Crippen LogP contribution in [0.2, 0.25) is 19.6 Å². The van der Waals surface area contributed by atoms with Crippen LogP contribution in [0.25, 0.3) is 11.0 Å². The molecule has 202 valence electrons. The predicted octanol–water partition coefficient (Wildman–Crippen LogP) is 2.88. The fraction of sp³-hybridized carbons (Fsp3) is 0.423. The van der Waals surface area contributed by atoms with Gasteiger partial charge in [0.2, 0.25) is 0 Å². The molecule has 38 heavy (non-hydrogen) atoms. The average Bonchev–Trinajstić information content (AvgIpc) is 3.41. The first-order valence-corrected chi connectivity index (χ1v) is 17.3. The van der Waals surface area contributed by atoms with Crippen molar-refractivity contribution in [3.8, 4) is 11.5 Å². The van der Waals surface area contributed by atoms with Gasteiger partial charge in [0.25, 0.3) is 0 Å². The number of carbonyl (C=O) groups excluding carboxylic acids is 1. The van der Waals surface area contributed by atoms with E-state index in [0.29, 0.717) is 12.1 Å². The topological polar surface area (TPSA) is 136 Å². The molecule has 2 aromatic heterocycles. The summed E-state index contributed by atoms with van der Waals surface area (Å²) in [5.74, 6) is 2.85. The number of hydrogen-bond donors (Lipinski definition) is 1. The van der Waals surface area contributed by atoms with Gasteiger partial charge in [0, 0.05) is 19.5 Å².